The monoisotopic (exact) mass is 266 g/mol. The molecule has 0 spiro atoms. The van der Waals surface area contributed by atoms with E-state index in [1.54, 1.807) is 18.2 Å². The van der Waals surface area contributed by atoms with Crippen molar-refractivity contribution in [1.82, 2.24) is 0 Å². The Labute approximate surface area is 116 Å². The van der Waals surface area contributed by atoms with Gasteiger partial charge < -0.3 is 9.15 Å². The van der Waals surface area contributed by atoms with Crippen LogP contribution in [0, 0.1) is 6.92 Å². The first-order valence-electron chi connectivity index (χ1n) is 6.42. The Kier molecular flexibility index (Phi) is 3.25. The molecule has 20 heavy (non-hydrogen) atoms. The smallest absolute Gasteiger partial charge is 0.192 e. The van der Waals surface area contributed by atoms with Crippen LogP contribution in [-0.2, 0) is 6.61 Å². The van der Waals surface area contributed by atoms with Gasteiger partial charge in [0.05, 0.1) is 11.6 Å². The van der Waals surface area contributed by atoms with Gasteiger partial charge in [-0.1, -0.05) is 29.8 Å². The summed E-state index contributed by atoms with van der Waals surface area (Å²) in [6.07, 6.45) is 1.40. The molecule has 3 rings (SSSR count). The first-order valence-corrected chi connectivity index (χ1v) is 6.42. The van der Waals surface area contributed by atoms with Crippen LogP contribution in [0.25, 0.3) is 11.0 Å². The Morgan fingerprint density at radius 1 is 1.10 bits per heavy atom. The van der Waals surface area contributed by atoms with E-state index in [1.165, 1.54) is 17.9 Å². The van der Waals surface area contributed by atoms with Crippen LogP contribution in [0.5, 0.6) is 5.75 Å². The number of benzene rings is 2. The van der Waals surface area contributed by atoms with Gasteiger partial charge >= 0.3 is 0 Å². The molecule has 3 heteroatoms. The van der Waals surface area contributed by atoms with Crippen LogP contribution in [0.1, 0.15) is 11.1 Å². The maximum absolute atomic E-state index is 11.7. The van der Waals surface area contributed by atoms with E-state index in [0.717, 1.165) is 5.56 Å². The molecule has 0 aliphatic rings. The predicted molar refractivity (Wildman–Crippen MR) is 78.0 cm³/mol. The van der Waals surface area contributed by atoms with E-state index in [0.29, 0.717) is 23.3 Å². The Bertz CT molecular complexity index is 802. The summed E-state index contributed by atoms with van der Waals surface area (Å²) in [7, 11) is 0. The molecule has 0 radical (unpaired) electrons. The van der Waals surface area contributed by atoms with Crippen LogP contribution in [0.2, 0.25) is 0 Å². The minimum atomic E-state index is -0.0627. The first kappa shape index (κ1) is 12.5. The lowest BCUT2D eigenvalue weighted by Gasteiger charge is -2.07. The minimum Gasteiger partial charge on any atom is -0.489 e. The zero-order chi connectivity index (χ0) is 13.9. The molecule has 2 aromatic carbocycles. The predicted octanol–water partition coefficient (Wildman–Crippen LogP) is 3.68. The summed E-state index contributed by atoms with van der Waals surface area (Å²) in [4.78, 5) is 11.7. The van der Waals surface area contributed by atoms with E-state index < -0.39 is 0 Å². The number of hydrogen-bond acceptors (Lipinski definition) is 3. The maximum Gasteiger partial charge on any atom is 0.192 e. The first-order chi connectivity index (χ1) is 9.72. The largest absolute Gasteiger partial charge is 0.489 e. The molecular formula is C17H14O3. The highest BCUT2D eigenvalue weighted by molar-refractivity contribution is 5.77. The molecule has 3 nitrogen and oxygen atoms in total. The van der Waals surface area contributed by atoms with Crippen molar-refractivity contribution in [2.24, 2.45) is 0 Å². The highest BCUT2D eigenvalue weighted by atomic mass is 16.5. The molecule has 0 amide bonds. The maximum atomic E-state index is 11.7. The molecule has 0 saturated carbocycles. The van der Waals surface area contributed by atoms with Gasteiger partial charge in [-0.15, -0.1) is 0 Å². The summed E-state index contributed by atoms with van der Waals surface area (Å²) in [6.45, 7) is 2.52. The number of hydrogen-bond donors (Lipinski definition) is 0. The number of ether oxygens (including phenoxy) is 1. The van der Waals surface area contributed by atoms with Crippen molar-refractivity contribution in [2.45, 2.75) is 13.5 Å². The normalized spacial score (nSPS) is 10.7. The molecule has 0 aliphatic heterocycles. The van der Waals surface area contributed by atoms with Crippen LogP contribution in [0.15, 0.2) is 64.0 Å². The van der Waals surface area contributed by atoms with Gasteiger partial charge in [-0.3, -0.25) is 4.79 Å². The average Bonchev–Trinajstić information content (AvgIpc) is 2.46. The summed E-state index contributed by atoms with van der Waals surface area (Å²) in [5.41, 5.74) is 2.81. The van der Waals surface area contributed by atoms with Gasteiger partial charge in [-0.2, -0.15) is 0 Å². The molecule has 1 heterocycles. The third-order valence-electron chi connectivity index (χ3n) is 3.12. The summed E-state index contributed by atoms with van der Waals surface area (Å²) in [5.74, 6) is 0.664. The van der Waals surface area contributed by atoms with Crippen LogP contribution in [-0.4, -0.2) is 0 Å². The van der Waals surface area contributed by atoms with Crippen molar-refractivity contribution >= 4 is 11.0 Å². The molecule has 0 fully saturated rings. The molecule has 0 bridgehead atoms. The fraction of sp³-hybridized carbons (Fsp3) is 0.118. The zero-order valence-electron chi connectivity index (χ0n) is 11.1. The lowest BCUT2D eigenvalue weighted by Crippen LogP contribution is -2.00. The molecule has 100 valence electrons. The van der Waals surface area contributed by atoms with Gasteiger partial charge in [0.15, 0.2) is 5.43 Å². The van der Waals surface area contributed by atoms with Gasteiger partial charge in [0.2, 0.25) is 0 Å². The molecule has 1 aromatic heterocycles. The number of rotatable bonds is 3. The van der Waals surface area contributed by atoms with Crippen LogP contribution >= 0.6 is 0 Å². The standard InChI is InChI=1S/C17H14O3/c1-12-3-2-4-13(9-12)11-20-14-5-6-17-15(10-14)16(18)7-8-19-17/h2-10H,11H2,1H3. The Morgan fingerprint density at radius 2 is 2.00 bits per heavy atom. The second-order valence-electron chi connectivity index (χ2n) is 4.72. The van der Waals surface area contributed by atoms with Crippen molar-refractivity contribution < 1.29 is 9.15 Å². The molecule has 0 atom stereocenters. The second-order valence-corrected chi connectivity index (χ2v) is 4.72. The van der Waals surface area contributed by atoms with Crippen LogP contribution < -0.4 is 10.2 Å². The third kappa shape index (κ3) is 2.57. The quantitative estimate of drug-likeness (QED) is 0.726. The van der Waals surface area contributed by atoms with Gasteiger partial charge in [-0.25, -0.2) is 0 Å². The van der Waals surface area contributed by atoms with E-state index in [9.17, 15) is 4.79 Å². The molecular weight excluding hydrogens is 252 g/mol. The van der Waals surface area contributed by atoms with Crippen molar-refractivity contribution in [3.05, 3.63) is 76.1 Å². The van der Waals surface area contributed by atoms with Gasteiger partial charge in [-0.05, 0) is 30.7 Å². The Hall–Kier alpha value is -2.55. The lowest BCUT2D eigenvalue weighted by molar-refractivity contribution is 0.306. The van der Waals surface area contributed by atoms with E-state index in [2.05, 4.69) is 6.07 Å². The van der Waals surface area contributed by atoms with E-state index in [-0.39, 0.29) is 5.43 Å². The fourth-order valence-electron chi connectivity index (χ4n) is 2.12. The molecule has 0 unspecified atom stereocenters. The molecule has 3 aromatic rings. The average molecular weight is 266 g/mol. The summed E-state index contributed by atoms with van der Waals surface area (Å²) in [6, 6.07) is 14.8. The van der Waals surface area contributed by atoms with E-state index in [4.69, 9.17) is 9.15 Å². The highest BCUT2D eigenvalue weighted by Crippen LogP contribution is 2.19. The second kappa shape index (κ2) is 5.21. The van der Waals surface area contributed by atoms with E-state index in [1.807, 2.05) is 25.1 Å². The van der Waals surface area contributed by atoms with Crippen molar-refractivity contribution in [3.8, 4) is 5.75 Å². The summed E-state index contributed by atoms with van der Waals surface area (Å²) in [5, 5.41) is 0.536. The van der Waals surface area contributed by atoms with Gasteiger partial charge in [0, 0.05) is 6.07 Å². The van der Waals surface area contributed by atoms with Crippen molar-refractivity contribution in [1.29, 1.82) is 0 Å². The zero-order valence-corrected chi connectivity index (χ0v) is 11.1. The third-order valence-corrected chi connectivity index (χ3v) is 3.12. The SMILES string of the molecule is Cc1cccc(COc2ccc3occc(=O)c3c2)c1. The van der Waals surface area contributed by atoms with Crippen LogP contribution in [0.4, 0.5) is 0 Å². The summed E-state index contributed by atoms with van der Waals surface area (Å²) < 4.78 is 11.0. The van der Waals surface area contributed by atoms with Gasteiger partial charge in [0.25, 0.3) is 0 Å². The Balaban J connectivity index is 1.84. The highest BCUT2D eigenvalue weighted by Gasteiger charge is 2.03. The topological polar surface area (TPSA) is 39.4 Å². The number of fused-ring (bicyclic) bond motifs is 1. The molecule has 0 aliphatic carbocycles. The van der Waals surface area contributed by atoms with E-state index >= 15 is 0 Å². The van der Waals surface area contributed by atoms with Crippen molar-refractivity contribution in [3.63, 3.8) is 0 Å². The molecule has 0 saturated heterocycles. The minimum absolute atomic E-state index is 0.0627. The van der Waals surface area contributed by atoms with Gasteiger partial charge in [0.1, 0.15) is 17.9 Å². The summed E-state index contributed by atoms with van der Waals surface area (Å²) >= 11 is 0. The van der Waals surface area contributed by atoms with Crippen molar-refractivity contribution in [2.75, 3.05) is 0 Å². The fourth-order valence-corrected chi connectivity index (χ4v) is 2.12. The Morgan fingerprint density at radius 3 is 2.85 bits per heavy atom. The van der Waals surface area contributed by atoms with Crippen LogP contribution in [0.3, 0.4) is 0 Å². The lowest BCUT2D eigenvalue weighted by atomic mass is 10.1. The number of aryl methyl sites for hydroxylation is 1. The molecule has 0 N–H and O–H groups in total.